The van der Waals surface area contributed by atoms with E-state index >= 15 is 0 Å². The van der Waals surface area contributed by atoms with Gasteiger partial charge in [-0.15, -0.1) is 0 Å². The molecule has 2 aliphatic heterocycles. The maximum atomic E-state index is 12.3. The summed E-state index contributed by atoms with van der Waals surface area (Å²) in [7, 11) is 0. The van der Waals surface area contributed by atoms with E-state index in [2.05, 4.69) is 10.6 Å². The zero-order valence-electron chi connectivity index (χ0n) is 11.8. The fourth-order valence-corrected chi connectivity index (χ4v) is 2.53. The molecule has 0 atom stereocenters. The number of nitrogens with one attached hydrogen (secondary N) is 2. The Balaban J connectivity index is 1.79. The van der Waals surface area contributed by atoms with E-state index in [1.165, 1.54) is 5.57 Å². The number of carbonyl (C=O) groups excluding carboxylic acids is 2. The van der Waals surface area contributed by atoms with Crippen LogP contribution in [0.1, 0.15) is 26.7 Å². The second kappa shape index (κ2) is 6.19. The standard InChI is InChI=1S/C14H23N3O2/c1-10(13-8-15-9-13)14(19)17-5-3-12(4-6-17)7-16-11(2)18/h12,15H,3-9H2,1-2H3,(H,16,18). The number of piperidine rings is 1. The maximum absolute atomic E-state index is 12.3. The highest BCUT2D eigenvalue weighted by Gasteiger charge is 2.25. The van der Waals surface area contributed by atoms with Crippen LogP contribution in [0.4, 0.5) is 0 Å². The van der Waals surface area contributed by atoms with Gasteiger partial charge in [-0.2, -0.15) is 0 Å². The number of likely N-dealkylation sites (tertiary alicyclic amines) is 1. The van der Waals surface area contributed by atoms with E-state index in [9.17, 15) is 9.59 Å². The van der Waals surface area contributed by atoms with Gasteiger partial charge < -0.3 is 15.5 Å². The van der Waals surface area contributed by atoms with Crippen molar-refractivity contribution in [3.8, 4) is 0 Å². The highest BCUT2D eigenvalue weighted by atomic mass is 16.2. The molecular formula is C14H23N3O2. The molecular weight excluding hydrogens is 242 g/mol. The van der Waals surface area contributed by atoms with Gasteiger partial charge in [0.05, 0.1) is 0 Å². The third-order valence-corrected chi connectivity index (χ3v) is 4.07. The van der Waals surface area contributed by atoms with Crippen molar-refractivity contribution in [3.05, 3.63) is 11.1 Å². The van der Waals surface area contributed by atoms with Crippen molar-refractivity contribution in [2.24, 2.45) is 5.92 Å². The lowest BCUT2D eigenvalue weighted by molar-refractivity contribution is -0.128. The van der Waals surface area contributed by atoms with Crippen LogP contribution in [0.25, 0.3) is 0 Å². The first-order valence-corrected chi connectivity index (χ1v) is 7.01. The third kappa shape index (κ3) is 3.56. The van der Waals surface area contributed by atoms with E-state index in [0.717, 1.165) is 51.1 Å². The van der Waals surface area contributed by atoms with Crippen LogP contribution >= 0.6 is 0 Å². The number of amides is 2. The number of carbonyl (C=O) groups is 2. The van der Waals surface area contributed by atoms with Gasteiger partial charge >= 0.3 is 0 Å². The predicted molar refractivity (Wildman–Crippen MR) is 73.6 cm³/mol. The summed E-state index contributed by atoms with van der Waals surface area (Å²) in [5.41, 5.74) is 2.16. The molecule has 19 heavy (non-hydrogen) atoms. The van der Waals surface area contributed by atoms with Gasteiger partial charge in [-0.25, -0.2) is 0 Å². The first-order valence-electron chi connectivity index (χ1n) is 7.01. The largest absolute Gasteiger partial charge is 0.356 e. The zero-order valence-corrected chi connectivity index (χ0v) is 11.8. The van der Waals surface area contributed by atoms with Gasteiger partial charge in [0.2, 0.25) is 11.8 Å². The SMILES string of the molecule is CC(=O)NCC1CCN(C(=O)C(C)=C2CNC2)CC1. The molecule has 0 aromatic heterocycles. The molecule has 0 radical (unpaired) electrons. The van der Waals surface area contributed by atoms with Crippen molar-refractivity contribution in [1.82, 2.24) is 15.5 Å². The van der Waals surface area contributed by atoms with Crippen LogP contribution < -0.4 is 10.6 Å². The van der Waals surface area contributed by atoms with Crippen LogP contribution in [-0.4, -0.2) is 49.4 Å². The average Bonchev–Trinajstić information content (AvgIpc) is 2.34. The fraction of sp³-hybridized carbons (Fsp3) is 0.714. The van der Waals surface area contributed by atoms with Crippen LogP contribution in [-0.2, 0) is 9.59 Å². The normalized spacial score (nSPS) is 19.9. The molecule has 2 heterocycles. The Morgan fingerprint density at radius 3 is 2.37 bits per heavy atom. The fourth-order valence-electron chi connectivity index (χ4n) is 2.53. The van der Waals surface area contributed by atoms with Crippen molar-refractivity contribution in [1.29, 1.82) is 0 Å². The first-order chi connectivity index (χ1) is 9.08. The van der Waals surface area contributed by atoms with Crippen molar-refractivity contribution >= 4 is 11.8 Å². The van der Waals surface area contributed by atoms with E-state index in [1.54, 1.807) is 6.92 Å². The lowest BCUT2D eigenvalue weighted by Crippen LogP contribution is -2.43. The van der Waals surface area contributed by atoms with Gasteiger partial charge in [0.1, 0.15) is 0 Å². The number of hydrogen-bond donors (Lipinski definition) is 2. The van der Waals surface area contributed by atoms with Crippen LogP contribution in [0.15, 0.2) is 11.1 Å². The second-order valence-corrected chi connectivity index (χ2v) is 5.50. The summed E-state index contributed by atoms with van der Waals surface area (Å²) in [6.45, 7) is 7.54. The summed E-state index contributed by atoms with van der Waals surface area (Å²) < 4.78 is 0. The van der Waals surface area contributed by atoms with Gasteiger partial charge in [0, 0.05) is 45.2 Å². The molecule has 2 rings (SSSR count). The minimum Gasteiger partial charge on any atom is -0.356 e. The predicted octanol–water partition coefficient (Wildman–Crippen LogP) is 0.281. The van der Waals surface area contributed by atoms with Crippen molar-refractivity contribution < 1.29 is 9.59 Å². The Morgan fingerprint density at radius 1 is 1.26 bits per heavy atom. The summed E-state index contributed by atoms with van der Waals surface area (Å²) in [6.07, 6.45) is 1.96. The molecule has 2 aliphatic rings. The average molecular weight is 265 g/mol. The van der Waals surface area contributed by atoms with Crippen molar-refractivity contribution in [2.45, 2.75) is 26.7 Å². The molecule has 0 bridgehead atoms. The van der Waals surface area contributed by atoms with E-state index in [4.69, 9.17) is 0 Å². The smallest absolute Gasteiger partial charge is 0.249 e. The third-order valence-electron chi connectivity index (χ3n) is 4.07. The monoisotopic (exact) mass is 265 g/mol. The molecule has 0 saturated carbocycles. The van der Waals surface area contributed by atoms with Gasteiger partial charge in [-0.05, 0) is 31.3 Å². The Bertz CT molecular complexity index is 389. The minimum atomic E-state index is 0.0246. The Hall–Kier alpha value is -1.36. The lowest BCUT2D eigenvalue weighted by Gasteiger charge is -2.33. The molecule has 0 unspecified atom stereocenters. The lowest BCUT2D eigenvalue weighted by atomic mass is 9.95. The van der Waals surface area contributed by atoms with Crippen LogP contribution in [0, 0.1) is 5.92 Å². The maximum Gasteiger partial charge on any atom is 0.249 e. The molecule has 0 spiro atoms. The van der Waals surface area contributed by atoms with E-state index in [-0.39, 0.29) is 11.8 Å². The Labute approximate surface area is 114 Å². The van der Waals surface area contributed by atoms with Crippen LogP contribution in [0.5, 0.6) is 0 Å². The highest BCUT2D eigenvalue weighted by molar-refractivity contribution is 5.94. The molecule has 2 saturated heterocycles. The summed E-state index contributed by atoms with van der Waals surface area (Å²) >= 11 is 0. The molecule has 2 fully saturated rings. The van der Waals surface area contributed by atoms with Crippen LogP contribution in [0.3, 0.4) is 0 Å². The van der Waals surface area contributed by atoms with E-state index in [1.807, 2.05) is 11.8 Å². The number of hydrogen-bond acceptors (Lipinski definition) is 3. The Kier molecular flexibility index (Phi) is 4.58. The molecule has 2 N–H and O–H groups in total. The molecule has 5 nitrogen and oxygen atoms in total. The molecule has 2 amide bonds. The van der Waals surface area contributed by atoms with Crippen LogP contribution in [0.2, 0.25) is 0 Å². The van der Waals surface area contributed by atoms with Gasteiger partial charge in [0.15, 0.2) is 0 Å². The summed E-state index contributed by atoms with van der Waals surface area (Å²) in [4.78, 5) is 25.1. The molecule has 0 aliphatic carbocycles. The quantitative estimate of drug-likeness (QED) is 0.721. The summed E-state index contributed by atoms with van der Waals surface area (Å²) in [5, 5.41) is 6.02. The van der Waals surface area contributed by atoms with E-state index in [0.29, 0.717) is 5.92 Å². The van der Waals surface area contributed by atoms with Gasteiger partial charge in [0.25, 0.3) is 0 Å². The summed E-state index contributed by atoms with van der Waals surface area (Å²) in [6, 6.07) is 0. The molecule has 5 heteroatoms. The number of nitrogens with zero attached hydrogens (tertiary/aromatic N) is 1. The first kappa shape index (κ1) is 14.1. The topological polar surface area (TPSA) is 61.4 Å². The minimum absolute atomic E-state index is 0.0246. The Morgan fingerprint density at radius 2 is 1.89 bits per heavy atom. The van der Waals surface area contributed by atoms with E-state index < -0.39 is 0 Å². The van der Waals surface area contributed by atoms with Crippen molar-refractivity contribution in [2.75, 3.05) is 32.7 Å². The molecule has 106 valence electrons. The highest BCUT2D eigenvalue weighted by Crippen LogP contribution is 2.19. The van der Waals surface area contributed by atoms with Gasteiger partial charge in [-0.3, -0.25) is 9.59 Å². The zero-order chi connectivity index (χ0) is 13.8. The molecule has 0 aromatic carbocycles. The number of rotatable bonds is 3. The van der Waals surface area contributed by atoms with Gasteiger partial charge in [-0.1, -0.05) is 0 Å². The van der Waals surface area contributed by atoms with Crippen molar-refractivity contribution in [3.63, 3.8) is 0 Å². The summed E-state index contributed by atoms with van der Waals surface area (Å²) in [5.74, 6) is 0.720. The second-order valence-electron chi connectivity index (χ2n) is 5.50. The molecule has 0 aromatic rings.